The Morgan fingerprint density at radius 1 is 0.356 bits per heavy atom. The van der Waals surface area contributed by atoms with Crippen LogP contribution in [0.15, 0.2) is 23.3 Å². The number of rotatable bonds is 26. The Morgan fingerprint density at radius 2 is 0.712 bits per heavy atom. The van der Waals surface area contributed by atoms with E-state index in [1.807, 2.05) is 0 Å². The SMILES string of the molecule is C=P(O)(O)OCCC[C@@H](C)[C@H]1CC[C@@H]2[C@]1(C)CC[C@@H]1[C@@]3(C)CC[C@H](O)C[C@@H]3CC[C@]12O.C=P(O)(OC)OCCC[C@@H](C)[C@H]1CC[C@@H]2[C@]1(C)CC[C@@H]1[C@@]3(C)CC[C@H](O)C[C@@H]3CC[C@]12O.CCCC[C@@H](C)[C@H]1CCC2C3CC=C4C[C@@H](O)CC[C@]4(C)C3CC[C@@]21C.CCCC[C@@H](C)[C@H]1CCC2C3CC[C@H]4C[C@@H](O)CC[C@]4(C)C3CC[C@@]21C.CCCC[C@@H](CC)[C@H]1CC[C@@H]2[C@]1(C)CC[C@H]1[C@@]2(O)CC=C2C[C@@H](O)CC[C@@]21C.O=C=O. The second-order valence-corrected chi connectivity index (χ2v) is 61.8. The molecule has 7 unspecified atom stereocenters. The van der Waals surface area contributed by atoms with Crippen LogP contribution < -0.4 is 0 Å². The molecule has 44 atom stereocenters. The van der Waals surface area contributed by atoms with Crippen molar-refractivity contribution in [3.8, 4) is 0 Å². The van der Waals surface area contributed by atoms with E-state index in [0.29, 0.717) is 111 Å². The number of carbonyl (C=O) groups excluding carboxylic acids is 2. The Kier molecular flexibility index (Phi) is 38.3. The van der Waals surface area contributed by atoms with Crippen LogP contribution in [0.5, 0.6) is 0 Å². The molecule has 0 aromatic heterocycles. The van der Waals surface area contributed by atoms with Crippen LogP contribution in [0, 0.1) is 202 Å². The van der Waals surface area contributed by atoms with Crippen molar-refractivity contribution < 1.29 is 78.7 Å². The first kappa shape index (κ1) is 119. The molecule has 0 saturated heterocycles. The lowest BCUT2D eigenvalue weighted by atomic mass is 9.42. The first-order valence-corrected chi connectivity index (χ1v) is 65.9. The van der Waals surface area contributed by atoms with Crippen LogP contribution in [-0.2, 0) is 23.2 Å². The summed E-state index contributed by atoms with van der Waals surface area (Å²) >= 11 is 0. The van der Waals surface area contributed by atoms with Crippen LogP contribution in [0.1, 0.15) is 491 Å². The van der Waals surface area contributed by atoms with E-state index in [9.17, 15) is 55.5 Å². The summed E-state index contributed by atoms with van der Waals surface area (Å²) in [6.07, 6.45) is 79.5. The lowest BCUT2D eigenvalue weighted by Gasteiger charge is -2.64. The molecule has 18 saturated carbocycles. The van der Waals surface area contributed by atoms with Gasteiger partial charge >= 0.3 is 6.15 Å². The summed E-state index contributed by atoms with van der Waals surface area (Å²) < 4.78 is 15.5. The predicted octanol–water partition coefficient (Wildman–Crippen LogP) is 29.4. The van der Waals surface area contributed by atoms with Crippen LogP contribution in [0.2, 0.25) is 0 Å². The maximum Gasteiger partial charge on any atom is 0.373 e. The van der Waals surface area contributed by atoms with Gasteiger partial charge in [-0.05, 0) is 516 Å². The Balaban J connectivity index is 0.000000136. The summed E-state index contributed by atoms with van der Waals surface area (Å²) in [5.74, 6) is 17.8. The van der Waals surface area contributed by atoms with E-state index >= 15 is 0 Å². The van der Waals surface area contributed by atoms with E-state index in [0.717, 1.165) is 244 Å². The zero-order valence-electron chi connectivity index (χ0n) is 96.5. The highest BCUT2D eigenvalue weighted by molar-refractivity contribution is 7.58. The van der Waals surface area contributed by atoms with Gasteiger partial charge in [-0.1, -0.05) is 212 Å². The molecule has 0 aromatic rings. The number of aliphatic hydroxyl groups excluding tert-OH is 5. The molecule has 0 heterocycles. The summed E-state index contributed by atoms with van der Waals surface area (Å²) in [5, 5.41) is 87.9. The van der Waals surface area contributed by atoms with Crippen molar-refractivity contribution in [1.29, 1.82) is 0 Å². The first-order chi connectivity index (χ1) is 68.9. The number of hydrogen-bond donors (Lipinski definition) is 11. The average Bonchev–Trinajstić information content (AvgIpc) is 1.44. The first-order valence-electron chi connectivity index (χ1n) is 62.3. The highest BCUT2D eigenvalue weighted by Gasteiger charge is 2.72. The molecule has 0 aromatic carbocycles. The fourth-order valence-electron chi connectivity index (χ4n) is 44.2. The van der Waals surface area contributed by atoms with Gasteiger partial charge in [0, 0.05) is 7.11 Å². The van der Waals surface area contributed by atoms with E-state index in [1.165, 1.54) is 212 Å². The summed E-state index contributed by atoms with van der Waals surface area (Å²) in [6, 6.07) is 0. The number of unbranched alkanes of at least 4 members (excludes halogenated alkanes) is 3. The highest BCUT2D eigenvalue weighted by Crippen LogP contribution is 2.77. The summed E-state index contributed by atoms with van der Waals surface area (Å²) in [7, 11) is -4.84. The van der Waals surface area contributed by atoms with Gasteiger partial charge in [0.05, 0.1) is 60.5 Å². The lowest BCUT2D eigenvalue weighted by Crippen LogP contribution is -2.64. The molecule has 20 aliphatic rings. The van der Waals surface area contributed by atoms with Gasteiger partial charge in [0.1, 0.15) is 0 Å². The molecule has 18 heteroatoms. The van der Waals surface area contributed by atoms with E-state index in [2.05, 4.69) is 149 Å². The fourth-order valence-corrected chi connectivity index (χ4v) is 45.2. The minimum atomic E-state index is -3.38. The third kappa shape index (κ3) is 22.6. The summed E-state index contributed by atoms with van der Waals surface area (Å²) in [6.45, 7) is 45.3. The number of allylic oxidation sites excluding steroid dienone is 1. The summed E-state index contributed by atoms with van der Waals surface area (Å²) in [5.41, 5.74) is 4.79. The standard InChI is InChI=1S/C26H47O5P.C26H44O2.C25H45O5P.C25H44O.C25H42O.CO2/c1-18(7-6-16-31-32(5,29)30-4)21-8-9-22-25(21,3)14-12-23-24(2)13-11-20(27)17-19(24)10-15-26(22,23)28;1-5-7-8-18(6-2)21-9-10-22-25(21,4)15-13-23-24(3)14-12-20(27)17-19(24)11-16-26(22,23)28;1-17(6-5-15-30-31(4,28)29)20-7-8-21-24(20,3)13-11-22-23(2)12-10-19(26)16-18(23)9-14-25(21,22)27;2*1-5-6-7-17(2)21-10-11-22-20-9-8-18-16-19(26)12-14-24(18,3)23(20)13-15-25(21,22)4;2-1-3/h18-23,27-29H,5-17H2,1-4H3;11,18,20-23,27-28H,5-10,12-17H2,1-4H3;17-22,26-29H,4-16H2,1-3H3;17-23,26H,5-16H2,1-4H3;8,17,19-23,26H,5-7,9-16H2,1-4H3;/t18-,19+,20+,21-,22-,23-,24+,25-,26-,32?;18-,20+,21-,22-,23-,24+,25-,26-;17-,18+,19+,20-,21-,22-,23+,24-,25-;17-,18+,19+,20?,21-,22?,23?,24+,25-;17-,19+,20?,21-,22?,23?,24+,25-;/m11111./s1. The lowest BCUT2D eigenvalue weighted by molar-refractivity contribution is -0.227. The van der Waals surface area contributed by atoms with Gasteiger partial charge in [0.2, 0.25) is 15.1 Å². The third-order valence-corrected chi connectivity index (χ3v) is 53.7. The average molecular weight is 2080 g/mol. The molecule has 0 amide bonds. The fraction of sp³-hybridized carbons (Fsp3) is 0.945. The zero-order chi connectivity index (χ0) is 106. The number of aliphatic hydroxyl groups is 8. The van der Waals surface area contributed by atoms with Crippen LogP contribution in [0.4, 0.5) is 0 Å². The molecular weight excluding hydrogens is 1860 g/mol. The predicted molar refractivity (Wildman–Crippen MR) is 597 cm³/mol. The molecule has 16 nitrogen and oxygen atoms in total. The van der Waals surface area contributed by atoms with Gasteiger partial charge in [-0.25, -0.2) is 0 Å². The van der Waals surface area contributed by atoms with Gasteiger partial charge in [-0.2, -0.15) is 9.59 Å². The third-order valence-electron chi connectivity index (χ3n) is 51.9. The van der Waals surface area contributed by atoms with E-state index in [-0.39, 0.29) is 63.7 Å². The van der Waals surface area contributed by atoms with Gasteiger partial charge in [0.25, 0.3) is 0 Å². The van der Waals surface area contributed by atoms with Crippen molar-refractivity contribution in [2.75, 3.05) is 20.3 Å². The Bertz CT molecular complexity index is 4450. The number of hydrogen-bond acceptors (Lipinski definition) is 16. The molecule has 146 heavy (non-hydrogen) atoms. The normalized spacial score (nSPS) is 48.5. The minimum Gasteiger partial charge on any atom is -0.393 e. The second-order valence-electron chi connectivity index (χ2n) is 58.3. The zero-order valence-corrected chi connectivity index (χ0v) is 98.3. The molecule has 11 N–H and O–H groups in total. The molecule has 0 bridgehead atoms. The smallest absolute Gasteiger partial charge is 0.373 e. The van der Waals surface area contributed by atoms with Crippen molar-refractivity contribution in [2.45, 2.75) is 538 Å². The molecule has 0 spiro atoms. The van der Waals surface area contributed by atoms with Crippen molar-refractivity contribution in [1.82, 2.24) is 0 Å². The Morgan fingerprint density at radius 3 is 1.18 bits per heavy atom. The van der Waals surface area contributed by atoms with E-state index in [1.54, 1.807) is 5.57 Å². The van der Waals surface area contributed by atoms with Crippen molar-refractivity contribution in [2.24, 2.45) is 202 Å². The van der Waals surface area contributed by atoms with Crippen molar-refractivity contribution >= 4 is 33.9 Å². The topological polar surface area (TPSA) is 284 Å². The van der Waals surface area contributed by atoms with Crippen LogP contribution in [0.3, 0.4) is 0 Å². The summed E-state index contributed by atoms with van der Waals surface area (Å²) in [4.78, 5) is 44.8. The maximum atomic E-state index is 12.3. The molecule has 20 aliphatic carbocycles. The van der Waals surface area contributed by atoms with Crippen molar-refractivity contribution in [3.05, 3.63) is 23.3 Å². The van der Waals surface area contributed by atoms with Gasteiger partial charge in [-0.15, -0.1) is 0 Å². The number of fused-ring (bicyclic) bond motifs is 25. The van der Waals surface area contributed by atoms with Crippen LogP contribution in [0.25, 0.3) is 0 Å². The molecular formula is C128H222O16P2. The Labute approximate surface area is 890 Å². The van der Waals surface area contributed by atoms with E-state index < -0.39 is 31.9 Å². The molecule has 18 fully saturated rings. The minimum absolute atomic E-state index is 0.00578. The molecule has 20 rings (SSSR count). The molecule has 0 aliphatic heterocycles. The van der Waals surface area contributed by atoms with E-state index in [4.69, 9.17) is 23.2 Å². The van der Waals surface area contributed by atoms with Gasteiger partial charge in [0.15, 0.2) is 0 Å². The maximum absolute atomic E-state index is 12.3. The quantitative estimate of drug-likeness (QED) is 0.0218. The largest absolute Gasteiger partial charge is 0.393 e. The van der Waals surface area contributed by atoms with Gasteiger partial charge in [-0.3, -0.25) is 0 Å². The second kappa shape index (κ2) is 47.1. The molecule has 840 valence electrons. The highest BCUT2D eigenvalue weighted by atomic mass is 31.2. The van der Waals surface area contributed by atoms with Crippen LogP contribution >= 0.6 is 15.1 Å². The van der Waals surface area contributed by atoms with Crippen LogP contribution in [-0.4, -0.2) is 142 Å². The van der Waals surface area contributed by atoms with Crippen molar-refractivity contribution in [3.63, 3.8) is 0 Å². The Hall–Kier alpha value is -1.10. The monoisotopic (exact) mass is 2080 g/mol. The molecule has 0 radical (unpaired) electrons. The van der Waals surface area contributed by atoms with Gasteiger partial charge < -0.3 is 69.1 Å².